The molecule has 0 bridgehead atoms. The van der Waals surface area contributed by atoms with Crippen molar-refractivity contribution in [2.45, 2.75) is 31.8 Å². The molecule has 5 nitrogen and oxygen atoms in total. The van der Waals surface area contributed by atoms with Crippen LogP contribution < -0.4 is 5.32 Å². The van der Waals surface area contributed by atoms with E-state index in [2.05, 4.69) is 10.2 Å². The molecule has 1 N–H and O–H groups in total. The molecule has 1 aliphatic carbocycles. The van der Waals surface area contributed by atoms with E-state index in [1.165, 1.54) is 0 Å². The summed E-state index contributed by atoms with van der Waals surface area (Å²) < 4.78 is 0. The molecule has 1 aromatic carbocycles. The maximum absolute atomic E-state index is 12.5. The second-order valence-electron chi connectivity index (χ2n) is 6.27. The smallest absolute Gasteiger partial charge is 0.255 e. The molecule has 2 aliphatic rings. The van der Waals surface area contributed by atoms with Crippen molar-refractivity contribution in [2.75, 3.05) is 26.2 Å². The summed E-state index contributed by atoms with van der Waals surface area (Å²) in [5.41, 5.74) is 0.544. The van der Waals surface area contributed by atoms with Crippen molar-refractivity contribution in [3.05, 3.63) is 34.9 Å². The lowest BCUT2D eigenvalue weighted by Crippen LogP contribution is -2.55. The van der Waals surface area contributed by atoms with E-state index >= 15 is 0 Å². The second-order valence-corrected chi connectivity index (χ2v) is 6.67. The molecule has 1 unspecified atom stereocenters. The zero-order chi connectivity index (χ0) is 16.4. The summed E-state index contributed by atoms with van der Waals surface area (Å²) in [6, 6.07) is 7.36. The van der Waals surface area contributed by atoms with Gasteiger partial charge in [-0.05, 0) is 31.9 Å². The van der Waals surface area contributed by atoms with Crippen LogP contribution in [0.5, 0.6) is 0 Å². The fourth-order valence-corrected chi connectivity index (χ4v) is 3.05. The Hall–Kier alpha value is -1.59. The predicted octanol–water partition coefficient (Wildman–Crippen LogP) is 1.76. The molecular weight excluding hydrogens is 314 g/mol. The lowest BCUT2D eigenvalue weighted by Gasteiger charge is -2.37. The van der Waals surface area contributed by atoms with Gasteiger partial charge in [-0.2, -0.15) is 0 Å². The van der Waals surface area contributed by atoms with E-state index in [0.29, 0.717) is 42.8 Å². The number of benzene rings is 1. The van der Waals surface area contributed by atoms with Gasteiger partial charge in [0.2, 0.25) is 5.91 Å². The Bertz CT molecular complexity index is 595. The van der Waals surface area contributed by atoms with Crippen LogP contribution in [0.2, 0.25) is 5.02 Å². The highest BCUT2D eigenvalue weighted by molar-refractivity contribution is 6.33. The summed E-state index contributed by atoms with van der Waals surface area (Å²) >= 11 is 6.10. The van der Waals surface area contributed by atoms with Crippen molar-refractivity contribution in [2.24, 2.45) is 0 Å². The summed E-state index contributed by atoms with van der Waals surface area (Å²) in [4.78, 5) is 28.6. The molecule has 2 fully saturated rings. The maximum Gasteiger partial charge on any atom is 0.255 e. The van der Waals surface area contributed by atoms with Crippen LogP contribution in [0.3, 0.4) is 0 Å². The fraction of sp³-hybridized carbons (Fsp3) is 0.529. The van der Waals surface area contributed by atoms with Crippen LogP contribution in [0.4, 0.5) is 0 Å². The first-order chi connectivity index (χ1) is 11.1. The first-order valence-electron chi connectivity index (χ1n) is 8.14. The minimum absolute atomic E-state index is 0.0367. The number of amides is 2. The minimum Gasteiger partial charge on any atom is -0.352 e. The quantitative estimate of drug-likeness (QED) is 0.912. The van der Waals surface area contributed by atoms with E-state index < -0.39 is 0 Å². The largest absolute Gasteiger partial charge is 0.352 e. The van der Waals surface area contributed by atoms with Crippen LogP contribution in [0.1, 0.15) is 30.1 Å². The van der Waals surface area contributed by atoms with Gasteiger partial charge < -0.3 is 10.2 Å². The first-order valence-corrected chi connectivity index (χ1v) is 8.52. The van der Waals surface area contributed by atoms with E-state index in [1.54, 1.807) is 12.1 Å². The van der Waals surface area contributed by atoms with Gasteiger partial charge in [-0.3, -0.25) is 14.5 Å². The Morgan fingerprint density at radius 1 is 1.17 bits per heavy atom. The van der Waals surface area contributed by atoms with Crippen molar-refractivity contribution >= 4 is 23.4 Å². The standard InChI is InChI=1S/C17H22ClN3O2/c1-12(16(22)19-13-6-7-13)20-8-10-21(11-9-20)17(23)14-4-2-3-5-15(14)18/h2-5,12-13H,6-11H2,1H3,(H,19,22). The highest BCUT2D eigenvalue weighted by Crippen LogP contribution is 2.20. The molecule has 1 aliphatic heterocycles. The average Bonchev–Trinajstić information content (AvgIpc) is 3.38. The Morgan fingerprint density at radius 3 is 2.43 bits per heavy atom. The molecule has 2 amide bonds. The monoisotopic (exact) mass is 335 g/mol. The minimum atomic E-state index is -0.145. The number of carbonyl (C=O) groups is 2. The number of hydrogen-bond acceptors (Lipinski definition) is 3. The van der Waals surface area contributed by atoms with Crippen LogP contribution in [0, 0.1) is 0 Å². The van der Waals surface area contributed by atoms with Crippen LogP contribution in [-0.4, -0.2) is 59.9 Å². The van der Waals surface area contributed by atoms with E-state index in [9.17, 15) is 9.59 Å². The van der Waals surface area contributed by atoms with Gasteiger partial charge in [0, 0.05) is 32.2 Å². The molecule has 124 valence electrons. The van der Waals surface area contributed by atoms with Crippen molar-refractivity contribution < 1.29 is 9.59 Å². The molecular formula is C17H22ClN3O2. The van der Waals surface area contributed by atoms with Gasteiger partial charge in [0.05, 0.1) is 16.6 Å². The Kier molecular flexibility index (Phi) is 4.87. The zero-order valence-corrected chi connectivity index (χ0v) is 14.1. The second kappa shape index (κ2) is 6.89. The molecule has 1 aromatic rings. The van der Waals surface area contributed by atoms with Gasteiger partial charge in [0.1, 0.15) is 0 Å². The molecule has 0 aromatic heterocycles. The lowest BCUT2D eigenvalue weighted by atomic mass is 10.1. The Labute approximate surface area is 141 Å². The van der Waals surface area contributed by atoms with Gasteiger partial charge >= 0.3 is 0 Å². The zero-order valence-electron chi connectivity index (χ0n) is 13.3. The first kappa shape index (κ1) is 16.3. The average molecular weight is 336 g/mol. The van der Waals surface area contributed by atoms with Gasteiger partial charge in [-0.1, -0.05) is 23.7 Å². The van der Waals surface area contributed by atoms with Crippen molar-refractivity contribution in [1.29, 1.82) is 0 Å². The number of piperazine rings is 1. The third-order valence-electron chi connectivity index (χ3n) is 4.56. The summed E-state index contributed by atoms with van der Waals surface area (Å²) in [5.74, 6) is 0.0590. The molecule has 0 radical (unpaired) electrons. The molecule has 1 atom stereocenters. The van der Waals surface area contributed by atoms with E-state index in [1.807, 2.05) is 24.0 Å². The molecule has 1 saturated carbocycles. The molecule has 0 spiro atoms. The normalized spacial score (nSPS) is 20.2. The number of rotatable bonds is 4. The van der Waals surface area contributed by atoms with E-state index in [4.69, 9.17) is 11.6 Å². The van der Waals surface area contributed by atoms with Gasteiger partial charge in [0.25, 0.3) is 5.91 Å². The van der Waals surface area contributed by atoms with E-state index in [-0.39, 0.29) is 17.9 Å². The molecule has 1 heterocycles. The van der Waals surface area contributed by atoms with Crippen molar-refractivity contribution in [3.63, 3.8) is 0 Å². The molecule has 23 heavy (non-hydrogen) atoms. The summed E-state index contributed by atoms with van der Waals surface area (Å²) in [6.07, 6.45) is 2.19. The van der Waals surface area contributed by atoms with Gasteiger partial charge in [-0.25, -0.2) is 0 Å². The number of nitrogens with one attached hydrogen (secondary N) is 1. The number of carbonyl (C=O) groups excluding carboxylic acids is 2. The van der Waals surface area contributed by atoms with Gasteiger partial charge in [-0.15, -0.1) is 0 Å². The van der Waals surface area contributed by atoms with Crippen LogP contribution >= 0.6 is 11.6 Å². The summed E-state index contributed by atoms with van der Waals surface area (Å²) in [6.45, 7) is 4.57. The van der Waals surface area contributed by atoms with Crippen LogP contribution in [0.15, 0.2) is 24.3 Å². The predicted molar refractivity (Wildman–Crippen MR) is 89.6 cm³/mol. The molecule has 6 heteroatoms. The van der Waals surface area contributed by atoms with Crippen molar-refractivity contribution in [1.82, 2.24) is 15.1 Å². The highest BCUT2D eigenvalue weighted by Gasteiger charge is 2.31. The molecule has 3 rings (SSSR count). The lowest BCUT2D eigenvalue weighted by molar-refractivity contribution is -0.126. The van der Waals surface area contributed by atoms with E-state index in [0.717, 1.165) is 12.8 Å². The summed E-state index contributed by atoms with van der Waals surface area (Å²) in [5, 5.41) is 3.52. The van der Waals surface area contributed by atoms with Gasteiger partial charge in [0.15, 0.2) is 0 Å². The molecule has 1 saturated heterocycles. The Morgan fingerprint density at radius 2 is 1.83 bits per heavy atom. The summed E-state index contributed by atoms with van der Waals surface area (Å²) in [7, 11) is 0. The SMILES string of the molecule is CC(C(=O)NC1CC1)N1CCN(C(=O)c2ccccc2Cl)CC1. The van der Waals surface area contributed by atoms with Crippen molar-refractivity contribution in [3.8, 4) is 0 Å². The number of nitrogens with zero attached hydrogens (tertiary/aromatic N) is 2. The third-order valence-corrected chi connectivity index (χ3v) is 4.89. The number of halogens is 1. The third kappa shape index (κ3) is 3.85. The Balaban J connectivity index is 1.54. The maximum atomic E-state index is 12.5. The van der Waals surface area contributed by atoms with Crippen LogP contribution in [-0.2, 0) is 4.79 Å². The number of hydrogen-bond donors (Lipinski definition) is 1. The van der Waals surface area contributed by atoms with Crippen LogP contribution in [0.25, 0.3) is 0 Å². The topological polar surface area (TPSA) is 52.7 Å². The fourth-order valence-electron chi connectivity index (χ4n) is 2.83. The highest BCUT2D eigenvalue weighted by atomic mass is 35.5.